The Morgan fingerprint density at radius 2 is 1.95 bits per heavy atom. The van der Waals surface area contributed by atoms with Crippen LogP contribution in [0.25, 0.3) is 0 Å². The lowest BCUT2D eigenvalue weighted by Crippen LogP contribution is -2.37. The quantitative estimate of drug-likeness (QED) is 0.933. The molecule has 1 N–H and O–H groups in total. The van der Waals surface area contributed by atoms with E-state index < -0.39 is 0 Å². The molecular formula is C18H23N3. The van der Waals surface area contributed by atoms with Gasteiger partial charge >= 0.3 is 0 Å². The summed E-state index contributed by atoms with van der Waals surface area (Å²) in [5, 5.41) is 3.16. The number of fused-ring (bicyclic) bond motifs is 1. The minimum absolute atomic E-state index is 0.564. The molecule has 0 spiro atoms. The van der Waals surface area contributed by atoms with E-state index in [4.69, 9.17) is 4.98 Å². The Morgan fingerprint density at radius 3 is 2.81 bits per heavy atom. The molecule has 1 aliphatic heterocycles. The second-order valence-corrected chi connectivity index (χ2v) is 5.79. The summed E-state index contributed by atoms with van der Waals surface area (Å²) >= 11 is 0. The molecule has 0 fully saturated rings. The second-order valence-electron chi connectivity index (χ2n) is 5.79. The summed E-state index contributed by atoms with van der Waals surface area (Å²) in [7, 11) is 1.96. The van der Waals surface area contributed by atoms with Gasteiger partial charge in [0.1, 0.15) is 0 Å². The summed E-state index contributed by atoms with van der Waals surface area (Å²) < 4.78 is 0. The first kappa shape index (κ1) is 14.1. The van der Waals surface area contributed by atoms with E-state index in [1.165, 1.54) is 24.1 Å². The normalized spacial score (nSPS) is 17.6. The first-order chi connectivity index (χ1) is 10.3. The number of rotatable bonds is 4. The molecule has 1 unspecified atom stereocenters. The molecule has 3 heteroatoms. The number of pyridine rings is 1. The van der Waals surface area contributed by atoms with Crippen molar-refractivity contribution in [2.24, 2.45) is 0 Å². The van der Waals surface area contributed by atoms with Crippen molar-refractivity contribution in [2.75, 3.05) is 11.9 Å². The first-order valence-corrected chi connectivity index (χ1v) is 7.72. The van der Waals surface area contributed by atoms with Gasteiger partial charge < -0.3 is 10.2 Å². The molecule has 2 aromatic rings. The lowest BCUT2D eigenvalue weighted by molar-refractivity contribution is 0.555. The van der Waals surface area contributed by atoms with Crippen LogP contribution in [0.4, 0.5) is 5.69 Å². The Morgan fingerprint density at radius 1 is 1.14 bits per heavy atom. The Balaban J connectivity index is 1.85. The van der Waals surface area contributed by atoms with Gasteiger partial charge in [-0.2, -0.15) is 0 Å². The lowest BCUT2D eigenvalue weighted by atomic mass is 9.96. The van der Waals surface area contributed by atoms with E-state index in [1.54, 1.807) is 0 Å². The SMILES string of the molecule is CNCc1cccc(CN2c3ccccc3CCC2C)n1. The minimum Gasteiger partial charge on any atom is -0.363 e. The zero-order valence-electron chi connectivity index (χ0n) is 12.8. The Bertz CT molecular complexity index is 609. The van der Waals surface area contributed by atoms with Crippen molar-refractivity contribution < 1.29 is 0 Å². The van der Waals surface area contributed by atoms with Gasteiger partial charge in [0.2, 0.25) is 0 Å². The molecule has 110 valence electrons. The largest absolute Gasteiger partial charge is 0.363 e. The van der Waals surface area contributed by atoms with Crippen molar-refractivity contribution in [3.63, 3.8) is 0 Å². The van der Waals surface area contributed by atoms with Crippen LogP contribution in [0.3, 0.4) is 0 Å². The molecule has 0 amide bonds. The van der Waals surface area contributed by atoms with Crippen molar-refractivity contribution >= 4 is 5.69 Å². The topological polar surface area (TPSA) is 28.2 Å². The molecule has 0 bridgehead atoms. The highest BCUT2D eigenvalue weighted by Crippen LogP contribution is 2.31. The van der Waals surface area contributed by atoms with Gasteiger partial charge in [-0.3, -0.25) is 4.98 Å². The predicted octanol–water partition coefficient (Wildman–Crippen LogP) is 3.14. The summed E-state index contributed by atoms with van der Waals surface area (Å²) in [5.74, 6) is 0. The molecule has 3 rings (SSSR count). The summed E-state index contributed by atoms with van der Waals surface area (Å²) in [4.78, 5) is 7.25. The van der Waals surface area contributed by atoms with Crippen molar-refractivity contribution in [1.82, 2.24) is 10.3 Å². The van der Waals surface area contributed by atoms with Crippen LogP contribution in [0.15, 0.2) is 42.5 Å². The fraction of sp³-hybridized carbons (Fsp3) is 0.389. The van der Waals surface area contributed by atoms with Crippen LogP contribution >= 0.6 is 0 Å². The fourth-order valence-electron chi connectivity index (χ4n) is 3.07. The summed E-state index contributed by atoms with van der Waals surface area (Å²) in [6.45, 7) is 4.02. The molecule has 1 aromatic heterocycles. The smallest absolute Gasteiger partial charge is 0.0605 e. The van der Waals surface area contributed by atoms with Gasteiger partial charge in [0, 0.05) is 18.3 Å². The van der Waals surface area contributed by atoms with Gasteiger partial charge in [-0.05, 0) is 50.6 Å². The minimum atomic E-state index is 0.564. The number of benzene rings is 1. The Labute approximate surface area is 127 Å². The average molecular weight is 281 g/mol. The number of nitrogens with zero attached hydrogens (tertiary/aromatic N) is 2. The Hall–Kier alpha value is -1.87. The predicted molar refractivity (Wildman–Crippen MR) is 87.4 cm³/mol. The molecule has 1 atom stereocenters. The standard InChI is InChI=1S/C18H23N3/c1-14-10-11-15-6-3-4-9-18(15)21(14)13-17-8-5-7-16(20-17)12-19-2/h3-9,14,19H,10-13H2,1-2H3. The van der Waals surface area contributed by atoms with E-state index in [2.05, 4.69) is 59.6 Å². The molecular weight excluding hydrogens is 258 g/mol. The van der Waals surface area contributed by atoms with E-state index in [1.807, 2.05) is 7.05 Å². The van der Waals surface area contributed by atoms with Crippen LogP contribution in [-0.2, 0) is 19.5 Å². The second kappa shape index (κ2) is 6.27. The van der Waals surface area contributed by atoms with Gasteiger partial charge in [0.15, 0.2) is 0 Å². The zero-order chi connectivity index (χ0) is 14.7. The molecule has 3 nitrogen and oxygen atoms in total. The number of hydrogen-bond acceptors (Lipinski definition) is 3. The van der Waals surface area contributed by atoms with Crippen LogP contribution in [0, 0.1) is 0 Å². The van der Waals surface area contributed by atoms with Crippen molar-refractivity contribution in [3.8, 4) is 0 Å². The van der Waals surface area contributed by atoms with E-state index in [9.17, 15) is 0 Å². The molecule has 2 heterocycles. The average Bonchev–Trinajstić information content (AvgIpc) is 2.51. The van der Waals surface area contributed by atoms with Gasteiger partial charge in [0.05, 0.1) is 17.9 Å². The van der Waals surface area contributed by atoms with Crippen molar-refractivity contribution in [3.05, 3.63) is 59.4 Å². The maximum Gasteiger partial charge on any atom is 0.0605 e. The van der Waals surface area contributed by atoms with Crippen molar-refractivity contribution in [2.45, 2.75) is 38.9 Å². The number of anilines is 1. The fourth-order valence-corrected chi connectivity index (χ4v) is 3.07. The highest BCUT2D eigenvalue weighted by atomic mass is 15.2. The maximum atomic E-state index is 4.76. The summed E-state index contributed by atoms with van der Waals surface area (Å²) in [6.07, 6.45) is 2.40. The number of aromatic nitrogens is 1. The molecule has 0 saturated heterocycles. The third-order valence-corrected chi connectivity index (χ3v) is 4.22. The third kappa shape index (κ3) is 3.08. The van der Waals surface area contributed by atoms with Gasteiger partial charge in [-0.1, -0.05) is 24.3 Å². The van der Waals surface area contributed by atoms with E-state index in [-0.39, 0.29) is 0 Å². The first-order valence-electron chi connectivity index (χ1n) is 7.72. The van der Waals surface area contributed by atoms with Crippen LogP contribution in [0.1, 0.15) is 30.3 Å². The van der Waals surface area contributed by atoms with Crippen molar-refractivity contribution in [1.29, 1.82) is 0 Å². The highest BCUT2D eigenvalue weighted by Gasteiger charge is 2.22. The number of nitrogens with one attached hydrogen (secondary N) is 1. The molecule has 1 aliphatic rings. The van der Waals surface area contributed by atoms with Crippen LogP contribution in [-0.4, -0.2) is 18.1 Å². The molecule has 0 radical (unpaired) electrons. The van der Waals surface area contributed by atoms with E-state index in [0.29, 0.717) is 6.04 Å². The maximum absolute atomic E-state index is 4.76. The monoisotopic (exact) mass is 281 g/mol. The van der Waals surface area contributed by atoms with Crippen LogP contribution < -0.4 is 10.2 Å². The van der Waals surface area contributed by atoms with Gasteiger partial charge in [-0.15, -0.1) is 0 Å². The van der Waals surface area contributed by atoms with Gasteiger partial charge in [-0.25, -0.2) is 0 Å². The molecule has 0 saturated carbocycles. The molecule has 21 heavy (non-hydrogen) atoms. The molecule has 1 aromatic carbocycles. The highest BCUT2D eigenvalue weighted by molar-refractivity contribution is 5.56. The van der Waals surface area contributed by atoms with E-state index in [0.717, 1.165) is 24.5 Å². The lowest BCUT2D eigenvalue weighted by Gasteiger charge is -2.37. The summed E-state index contributed by atoms with van der Waals surface area (Å²) in [5.41, 5.74) is 5.08. The number of para-hydroxylation sites is 1. The van der Waals surface area contributed by atoms with Gasteiger partial charge in [0.25, 0.3) is 0 Å². The van der Waals surface area contributed by atoms with Crippen LogP contribution in [0.2, 0.25) is 0 Å². The Kier molecular flexibility index (Phi) is 4.20. The number of aryl methyl sites for hydroxylation is 1. The number of hydrogen-bond donors (Lipinski definition) is 1. The zero-order valence-corrected chi connectivity index (χ0v) is 12.8. The third-order valence-electron chi connectivity index (χ3n) is 4.22. The van der Waals surface area contributed by atoms with E-state index >= 15 is 0 Å². The summed E-state index contributed by atoms with van der Waals surface area (Å²) in [6, 6.07) is 15.6. The van der Waals surface area contributed by atoms with Crippen LogP contribution in [0.5, 0.6) is 0 Å². The molecule has 0 aliphatic carbocycles.